The predicted molar refractivity (Wildman–Crippen MR) is 148 cm³/mol. The predicted octanol–water partition coefficient (Wildman–Crippen LogP) is 8.13. The number of esters is 2. The molecule has 1 fully saturated rings. The van der Waals surface area contributed by atoms with E-state index in [4.69, 9.17) is 9.47 Å². The van der Waals surface area contributed by atoms with Crippen molar-refractivity contribution in [2.45, 2.75) is 85.5 Å². The van der Waals surface area contributed by atoms with Gasteiger partial charge in [-0.05, 0) is 88.4 Å². The molecule has 4 rings (SSSR count). The van der Waals surface area contributed by atoms with Gasteiger partial charge in [-0.2, -0.15) is 0 Å². The van der Waals surface area contributed by atoms with Crippen LogP contribution in [0.3, 0.4) is 0 Å². The van der Waals surface area contributed by atoms with Gasteiger partial charge in [0.1, 0.15) is 11.5 Å². The molecule has 2 aliphatic carbocycles. The molecular formula is C33H42O4. The molecule has 2 aliphatic rings. The summed E-state index contributed by atoms with van der Waals surface area (Å²) in [6, 6.07) is 12.2. The highest BCUT2D eigenvalue weighted by molar-refractivity contribution is 5.86. The largest absolute Gasteiger partial charge is 0.426 e. The molecule has 0 aliphatic heterocycles. The smallest absolute Gasteiger partial charge is 0.315 e. The van der Waals surface area contributed by atoms with Gasteiger partial charge in [0.05, 0.1) is 11.8 Å². The van der Waals surface area contributed by atoms with Crippen molar-refractivity contribution in [3.63, 3.8) is 0 Å². The Morgan fingerprint density at radius 3 is 1.14 bits per heavy atom. The van der Waals surface area contributed by atoms with Crippen LogP contribution < -0.4 is 9.47 Å². The lowest BCUT2D eigenvalue weighted by Gasteiger charge is -2.25. The minimum absolute atomic E-state index is 0.00104. The fourth-order valence-corrected chi connectivity index (χ4v) is 5.58. The number of benzene rings is 2. The molecule has 2 aromatic carbocycles. The third kappa shape index (κ3) is 5.84. The number of fused-ring (bicyclic) bond motifs is 2. The Hall–Kier alpha value is -2.88. The Bertz CT molecular complexity index is 1040. The summed E-state index contributed by atoms with van der Waals surface area (Å²) in [5.74, 6) is 0.654. The Balaban J connectivity index is 1.58. The van der Waals surface area contributed by atoms with E-state index in [-0.39, 0.29) is 23.8 Å². The molecule has 198 valence electrons. The van der Waals surface area contributed by atoms with Crippen molar-refractivity contribution in [2.24, 2.45) is 23.7 Å². The monoisotopic (exact) mass is 502 g/mol. The molecule has 0 spiro atoms. The van der Waals surface area contributed by atoms with E-state index in [0.29, 0.717) is 35.2 Å². The van der Waals surface area contributed by atoms with Gasteiger partial charge in [0.15, 0.2) is 0 Å². The highest BCUT2D eigenvalue weighted by atomic mass is 16.5. The van der Waals surface area contributed by atoms with Crippen molar-refractivity contribution < 1.29 is 19.1 Å². The van der Waals surface area contributed by atoms with E-state index < -0.39 is 11.8 Å². The first-order valence-electron chi connectivity index (χ1n) is 13.9. The van der Waals surface area contributed by atoms with E-state index in [2.05, 4.69) is 79.7 Å². The summed E-state index contributed by atoms with van der Waals surface area (Å²) in [5.41, 5.74) is 4.57. The lowest BCUT2D eigenvalue weighted by Crippen LogP contribution is -2.37. The standard InChI is InChI=1S/C33H42O4/c1-18(2)24-12-25(19(3)4)15-28(14-24)36-32(34)30-22-9-10-23(11-22)31(30)33(35)37-29-16-26(20(5)6)13-27(17-29)21(7)8/h9-10,12-23,30-31H,11H2,1-8H3. The zero-order valence-corrected chi connectivity index (χ0v) is 23.6. The number of carbonyl (C=O) groups is 2. The fourth-order valence-electron chi connectivity index (χ4n) is 5.58. The van der Waals surface area contributed by atoms with Crippen LogP contribution >= 0.6 is 0 Å². The average Bonchev–Trinajstić information content (AvgIpc) is 3.45. The van der Waals surface area contributed by atoms with Crippen molar-refractivity contribution in [2.75, 3.05) is 0 Å². The Morgan fingerprint density at radius 1 is 0.568 bits per heavy atom. The molecule has 0 saturated heterocycles. The number of carbonyl (C=O) groups excluding carboxylic acids is 2. The number of allylic oxidation sites excluding steroid dienone is 2. The van der Waals surface area contributed by atoms with E-state index in [1.165, 1.54) is 0 Å². The summed E-state index contributed by atoms with van der Waals surface area (Å²) in [7, 11) is 0. The normalized spacial score (nSPS) is 22.5. The van der Waals surface area contributed by atoms with Gasteiger partial charge in [0.25, 0.3) is 0 Å². The highest BCUT2D eigenvalue weighted by Crippen LogP contribution is 2.49. The van der Waals surface area contributed by atoms with E-state index in [0.717, 1.165) is 28.7 Å². The van der Waals surface area contributed by atoms with E-state index in [1.54, 1.807) is 0 Å². The molecule has 2 bridgehead atoms. The third-order valence-electron chi connectivity index (χ3n) is 8.01. The molecule has 4 heteroatoms. The maximum absolute atomic E-state index is 13.6. The summed E-state index contributed by atoms with van der Waals surface area (Å²) in [5, 5.41) is 0. The second kappa shape index (κ2) is 10.8. The first-order valence-corrected chi connectivity index (χ1v) is 13.9. The van der Waals surface area contributed by atoms with Gasteiger partial charge in [0, 0.05) is 0 Å². The second-order valence-corrected chi connectivity index (χ2v) is 12.1. The molecule has 1 saturated carbocycles. The molecule has 0 amide bonds. The first kappa shape index (κ1) is 27.2. The quantitative estimate of drug-likeness (QED) is 0.208. The number of ether oxygens (including phenoxy) is 2. The topological polar surface area (TPSA) is 52.6 Å². The first-order chi connectivity index (χ1) is 17.4. The number of rotatable bonds is 8. The van der Waals surface area contributed by atoms with Crippen molar-refractivity contribution in [3.8, 4) is 11.5 Å². The van der Waals surface area contributed by atoms with E-state index >= 15 is 0 Å². The van der Waals surface area contributed by atoms with Crippen molar-refractivity contribution in [1.82, 2.24) is 0 Å². The molecular weight excluding hydrogens is 460 g/mol. The van der Waals surface area contributed by atoms with Gasteiger partial charge < -0.3 is 9.47 Å². The molecule has 0 heterocycles. The van der Waals surface area contributed by atoms with Crippen LogP contribution in [0.1, 0.15) is 108 Å². The van der Waals surface area contributed by atoms with Gasteiger partial charge in [-0.3, -0.25) is 9.59 Å². The van der Waals surface area contributed by atoms with Gasteiger partial charge in [-0.25, -0.2) is 0 Å². The van der Waals surface area contributed by atoms with Gasteiger partial charge in [-0.1, -0.05) is 79.7 Å². The fraction of sp³-hybridized carbons (Fsp3) is 0.515. The minimum Gasteiger partial charge on any atom is -0.426 e. The number of hydrogen-bond donors (Lipinski definition) is 0. The van der Waals surface area contributed by atoms with Crippen molar-refractivity contribution in [3.05, 3.63) is 70.8 Å². The summed E-state index contributed by atoms with van der Waals surface area (Å²) >= 11 is 0. The van der Waals surface area contributed by atoms with E-state index in [1.807, 2.05) is 24.3 Å². The molecule has 2 aromatic rings. The van der Waals surface area contributed by atoms with Crippen LogP contribution in [0.15, 0.2) is 48.6 Å². The van der Waals surface area contributed by atoms with Crippen LogP contribution in [0.25, 0.3) is 0 Å². The summed E-state index contributed by atoms with van der Waals surface area (Å²) in [6.07, 6.45) is 4.92. The lowest BCUT2D eigenvalue weighted by atomic mass is 9.83. The molecule has 4 atom stereocenters. The zero-order chi connectivity index (χ0) is 27.0. The van der Waals surface area contributed by atoms with Crippen molar-refractivity contribution in [1.29, 1.82) is 0 Å². The maximum atomic E-state index is 13.6. The molecule has 4 nitrogen and oxygen atoms in total. The number of hydrogen-bond acceptors (Lipinski definition) is 4. The summed E-state index contributed by atoms with van der Waals surface area (Å²) in [6.45, 7) is 17.1. The minimum atomic E-state index is -0.537. The third-order valence-corrected chi connectivity index (χ3v) is 8.01. The lowest BCUT2D eigenvalue weighted by molar-refractivity contribution is -0.151. The molecule has 0 radical (unpaired) electrons. The highest BCUT2D eigenvalue weighted by Gasteiger charge is 2.53. The molecule has 37 heavy (non-hydrogen) atoms. The van der Waals surface area contributed by atoms with Crippen LogP contribution in [0, 0.1) is 23.7 Å². The Morgan fingerprint density at radius 2 is 0.865 bits per heavy atom. The molecule has 0 aromatic heterocycles. The Labute approximate surface area is 222 Å². The van der Waals surface area contributed by atoms with Crippen molar-refractivity contribution >= 4 is 11.9 Å². The second-order valence-electron chi connectivity index (χ2n) is 12.1. The van der Waals surface area contributed by atoms with Crippen LogP contribution in [0.2, 0.25) is 0 Å². The van der Waals surface area contributed by atoms with E-state index in [9.17, 15) is 9.59 Å². The zero-order valence-electron chi connectivity index (χ0n) is 23.6. The Kier molecular flexibility index (Phi) is 7.96. The van der Waals surface area contributed by atoms with Crippen LogP contribution in [0.4, 0.5) is 0 Å². The summed E-state index contributed by atoms with van der Waals surface area (Å²) in [4.78, 5) is 27.1. The molecule has 4 unspecified atom stereocenters. The van der Waals surface area contributed by atoms with Crippen LogP contribution in [-0.4, -0.2) is 11.9 Å². The molecule has 0 N–H and O–H groups in total. The van der Waals surface area contributed by atoms with Crippen LogP contribution in [0.5, 0.6) is 11.5 Å². The van der Waals surface area contributed by atoms with Crippen LogP contribution in [-0.2, 0) is 9.59 Å². The SMILES string of the molecule is CC(C)c1cc(OC(=O)C2C3C=CC(C3)C2C(=O)Oc2cc(C(C)C)cc(C(C)C)c2)cc(C(C)C)c1. The average molecular weight is 503 g/mol. The maximum Gasteiger partial charge on any atom is 0.315 e. The van der Waals surface area contributed by atoms with Gasteiger partial charge >= 0.3 is 11.9 Å². The summed E-state index contributed by atoms with van der Waals surface area (Å²) < 4.78 is 12.0. The van der Waals surface area contributed by atoms with Gasteiger partial charge in [-0.15, -0.1) is 0 Å². The van der Waals surface area contributed by atoms with Gasteiger partial charge in [0.2, 0.25) is 0 Å².